The van der Waals surface area contributed by atoms with E-state index in [2.05, 4.69) is 4.98 Å². The molecular formula is C10H9F2N3O3S. The summed E-state index contributed by atoms with van der Waals surface area (Å²) < 4.78 is 56.9. The first-order valence-corrected chi connectivity index (χ1v) is 6.47. The predicted molar refractivity (Wildman–Crippen MR) is 62.8 cm³/mol. The molecule has 0 aliphatic heterocycles. The van der Waals surface area contributed by atoms with Gasteiger partial charge in [0, 0.05) is 6.07 Å². The lowest BCUT2D eigenvalue weighted by Gasteiger charge is -2.07. The number of rotatable bonds is 3. The summed E-state index contributed by atoms with van der Waals surface area (Å²) in [6, 6.07) is 0.757. The Balaban J connectivity index is 2.42. The van der Waals surface area contributed by atoms with Crippen molar-refractivity contribution in [3.05, 3.63) is 35.7 Å². The summed E-state index contributed by atoms with van der Waals surface area (Å²) in [4.78, 5) is 2.92. The highest BCUT2D eigenvalue weighted by Crippen LogP contribution is 2.23. The van der Waals surface area contributed by atoms with E-state index in [1.807, 2.05) is 4.72 Å². The van der Waals surface area contributed by atoms with E-state index in [4.69, 9.17) is 10.2 Å². The molecule has 0 spiro atoms. The number of nitrogens with one attached hydrogen (secondary N) is 1. The summed E-state index contributed by atoms with van der Waals surface area (Å²) in [6.45, 7) is 1.58. The number of sulfonamides is 1. The lowest BCUT2D eigenvalue weighted by Crippen LogP contribution is -2.15. The topological polar surface area (TPSA) is 98.2 Å². The van der Waals surface area contributed by atoms with Crippen molar-refractivity contribution >= 4 is 21.7 Å². The Morgan fingerprint density at radius 2 is 2.00 bits per heavy atom. The molecule has 102 valence electrons. The number of benzene rings is 1. The number of aryl methyl sites for hydroxylation is 1. The summed E-state index contributed by atoms with van der Waals surface area (Å²) >= 11 is 0. The molecule has 0 fully saturated rings. The lowest BCUT2D eigenvalue weighted by atomic mass is 10.3. The van der Waals surface area contributed by atoms with Gasteiger partial charge in [0.25, 0.3) is 10.0 Å². The average molecular weight is 289 g/mol. The molecule has 3 N–H and O–H groups in total. The van der Waals surface area contributed by atoms with Crippen LogP contribution < -0.4 is 10.5 Å². The van der Waals surface area contributed by atoms with Crippen molar-refractivity contribution in [1.82, 2.24) is 4.98 Å². The van der Waals surface area contributed by atoms with Crippen LogP contribution in [0.15, 0.2) is 27.7 Å². The molecule has 6 nitrogen and oxygen atoms in total. The molecule has 2 aromatic rings. The molecule has 1 heterocycles. The standard InChI is InChI=1S/C10H9F2N3O3S/c1-5-4-18-10(14-5)15-19(16,17)9-3-8(13)6(11)2-7(9)12/h2-4H,13H2,1H3,(H,14,15). The molecule has 0 aliphatic rings. The van der Waals surface area contributed by atoms with Crippen LogP contribution in [0.1, 0.15) is 5.69 Å². The number of nitrogens with two attached hydrogens (primary N) is 1. The third kappa shape index (κ3) is 2.65. The molecule has 9 heteroatoms. The van der Waals surface area contributed by atoms with Crippen LogP contribution in [-0.2, 0) is 10.0 Å². The summed E-state index contributed by atoms with van der Waals surface area (Å²) in [7, 11) is -4.30. The highest BCUT2D eigenvalue weighted by atomic mass is 32.2. The van der Waals surface area contributed by atoms with Crippen molar-refractivity contribution in [2.75, 3.05) is 10.5 Å². The normalized spacial score (nSPS) is 11.5. The van der Waals surface area contributed by atoms with Crippen molar-refractivity contribution in [1.29, 1.82) is 0 Å². The van der Waals surface area contributed by atoms with E-state index in [-0.39, 0.29) is 6.01 Å². The maximum atomic E-state index is 13.5. The molecule has 1 aromatic heterocycles. The highest BCUT2D eigenvalue weighted by molar-refractivity contribution is 7.92. The third-order valence-corrected chi connectivity index (χ3v) is 3.52. The van der Waals surface area contributed by atoms with Crippen LogP contribution in [0, 0.1) is 18.6 Å². The fourth-order valence-corrected chi connectivity index (χ4v) is 2.35. The van der Waals surface area contributed by atoms with Crippen molar-refractivity contribution < 1.29 is 21.6 Å². The molecule has 0 atom stereocenters. The number of aromatic nitrogens is 1. The van der Waals surface area contributed by atoms with Crippen LogP contribution in [-0.4, -0.2) is 13.4 Å². The molecule has 0 radical (unpaired) electrons. The molecular weight excluding hydrogens is 280 g/mol. The smallest absolute Gasteiger partial charge is 0.309 e. The van der Waals surface area contributed by atoms with Crippen LogP contribution in [0.3, 0.4) is 0 Å². The Labute approximate surface area is 107 Å². The second kappa shape index (κ2) is 4.50. The number of anilines is 2. The first kappa shape index (κ1) is 13.3. The first-order valence-electron chi connectivity index (χ1n) is 4.99. The number of nitrogens with zero attached hydrogens (tertiary/aromatic N) is 1. The molecule has 0 unspecified atom stereocenters. The van der Waals surface area contributed by atoms with E-state index in [0.717, 1.165) is 0 Å². The number of nitrogen functional groups attached to an aromatic ring is 1. The first-order chi connectivity index (χ1) is 8.79. The van der Waals surface area contributed by atoms with E-state index in [9.17, 15) is 17.2 Å². The fraction of sp³-hybridized carbons (Fsp3) is 0.100. The van der Waals surface area contributed by atoms with Gasteiger partial charge in [0.05, 0.1) is 11.4 Å². The minimum atomic E-state index is -4.30. The van der Waals surface area contributed by atoms with Gasteiger partial charge in [-0.15, -0.1) is 0 Å². The zero-order valence-corrected chi connectivity index (χ0v) is 10.5. The van der Waals surface area contributed by atoms with Crippen molar-refractivity contribution in [3.8, 4) is 0 Å². The van der Waals surface area contributed by atoms with Gasteiger partial charge in [-0.2, -0.15) is 4.98 Å². The van der Waals surface area contributed by atoms with E-state index >= 15 is 0 Å². The average Bonchev–Trinajstić information content (AvgIpc) is 2.68. The second-order valence-electron chi connectivity index (χ2n) is 3.70. The Kier molecular flexibility index (Phi) is 3.14. The summed E-state index contributed by atoms with van der Waals surface area (Å²) in [5.74, 6) is -2.30. The Morgan fingerprint density at radius 1 is 1.32 bits per heavy atom. The zero-order chi connectivity index (χ0) is 14.2. The van der Waals surface area contributed by atoms with E-state index in [0.29, 0.717) is 17.8 Å². The number of oxazole rings is 1. The minimum Gasteiger partial charge on any atom is -0.431 e. The lowest BCUT2D eigenvalue weighted by molar-refractivity contribution is 0.548. The predicted octanol–water partition coefficient (Wildman–Crippen LogP) is 1.64. The van der Waals surface area contributed by atoms with Gasteiger partial charge in [-0.1, -0.05) is 0 Å². The number of hydrogen-bond donors (Lipinski definition) is 2. The van der Waals surface area contributed by atoms with Crippen molar-refractivity contribution in [2.24, 2.45) is 0 Å². The van der Waals surface area contributed by atoms with Gasteiger partial charge >= 0.3 is 6.01 Å². The van der Waals surface area contributed by atoms with Gasteiger partial charge in [-0.25, -0.2) is 21.9 Å². The number of halogens is 2. The SMILES string of the molecule is Cc1coc(NS(=O)(=O)c2cc(N)c(F)cc2F)n1. The Bertz CT molecular complexity index is 728. The molecule has 0 bridgehead atoms. The minimum absolute atomic E-state index is 0.320. The van der Waals surface area contributed by atoms with Gasteiger partial charge in [0.15, 0.2) is 0 Å². The Morgan fingerprint density at radius 3 is 2.58 bits per heavy atom. The van der Waals surface area contributed by atoms with Crippen LogP contribution >= 0.6 is 0 Å². The summed E-state index contributed by atoms with van der Waals surface area (Å²) in [6.07, 6.45) is 1.22. The van der Waals surface area contributed by atoms with Crippen LogP contribution in [0.5, 0.6) is 0 Å². The zero-order valence-electron chi connectivity index (χ0n) is 9.65. The maximum Gasteiger partial charge on any atom is 0.309 e. The van der Waals surface area contributed by atoms with Crippen molar-refractivity contribution in [2.45, 2.75) is 11.8 Å². The second-order valence-corrected chi connectivity index (χ2v) is 5.35. The quantitative estimate of drug-likeness (QED) is 0.837. The van der Waals surface area contributed by atoms with Crippen LogP contribution in [0.4, 0.5) is 20.5 Å². The molecule has 0 amide bonds. The molecule has 1 aromatic carbocycles. The molecule has 19 heavy (non-hydrogen) atoms. The monoisotopic (exact) mass is 289 g/mol. The van der Waals surface area contributed by atoms with Gasteiger partial charge in [0.2, 0.25) is 0 Å². The summed E-state index contributed by atoms with van der Waals surface area (Å²) in [5, 5.41) is 0. The molecule has 0 saturated heterocycles. The fourth-order valence-electron chi connectivity index (χ4n) is 1.32. The largest absolute Gasteiger partial charge is 0.431 e. The van der Waals surface area contributed by atoms with Crippen LogP contribution in [0.25, 0.3) is 0 Å². The molecule has 0 saturated carbocycles. The third-order valence-electron chi connectivity index (χ3n) is 2.18. The Hall–Kier alpha value is -2.16. The van der Waals surface area contributed by atoms with E-state index < -0.39 is 32.2 Å². The van der Waals surface area contributed by atoms with Gasteiger partial charge in [-0.3, -0.25) is 0 Å². The van der Waals surface area contributed by atoms with Gasteiger partial charge in [0.1, 0.15) is 22.8 Å². The van der Waals surface area contributed by atoms with Gasteiger partial charge in [-0.05, 0) is 13.0 Å². The maximum absolute atomic E-state index is 13.5. The highest BCUT2D eigenvalue weighted by Gasteiger charge is 2.23. The van der Waals surface area contributed by atoms with Crippen LogP contribution in [0.2, 0.25) is 0 Å². The van der Waals surface area contributed by atoms with Gasteiger partial charge < -0.3 is 10.2 Å². The molecule has 2 rings (SSSR count). The van der Waals surface area contributed by atoms with Crippen molar-refractivity contribution in [3.63, 3.8) is 0 Å². The summed E-state index contributed by atoms with van der Waals surface area (Å²) in [5.41, 5.74) is 5.17. The number of hydrogen-bond acceptors (Lipinski definition) is 5. The van der Waals surface area contributed by atoms with E-state index in [1.165, 1.54) is 6.26 Å². The van der Waals surface area contributed by atoms with E-state index in [1.54, 1.807) is 6.92 Å². The molecule has 0 aliphatic carbocycles.